The van der Waals surface area contributed by atoms with Gasteiger partial charge in [-0.25, -0.2) is 9.97 Å². The maximum absolute atomic E-state index is 4.81. The van der Waals surface area contributed by atoms with Crippen LogP contribution in [0.5, 0.6) is 0 Å². The molecule has 2 heterocycles. The van der Waals surface area contributed by atoms with Crippen molar-refractivity contribution < 1.29 is 0 Å². The molecule has 0 aliphatic carbocycles. The Labute approximate surface area is 262 Å². The molecule has 0 unspecified atom stereocenters. The lowest BCUT2D eigenvalue weighted by atomic mass is 10.0. The highest BCUT2D eigenvalue weighted by Crippen LogP contribution is 2.37. The number of thiazole rings is 2. The number of hydrogen-bond acceptors (Lipinski definition) is 4. The fourth-order valence-electron chi connectivity index (χ4n) is 6.03. The van der Waals surface area contributed by atoms with Crippen LogP contribution in [0.15, 0.2) is 146 Å². The second-order valence-corrected chi connectivity index (χ2v) is 13.2. The van der Waals surface area contributed by atoms with Gasteiger partial charge in [-0.05, 0) is 90.6 Å². The lowest BCUT2D eigenvalue weighted by Gasteiger charge is -2.06. The monoisotopic (exact) mass is 596 g/mol. The number of nitrogens with zero attached hydrogens (tertiary/aromatic N) is 2. The minimum Gasteiger partial charge on any atom is -0.244 e. The molecule has 0 amide bonds. The van der Waals surface area contributed by atoms with E-state index in [0.29, 0.717) is 0 Å². The molecule has 0 aliphatic heterocycles. The van der Waals surface area contributed by atoms with Crippen LogP contribution < -0.4 is 0 Å². The van der Waals surface area contributed by atoms with Crippen molar-refractivity contribution in [1.29, 1.82) is 0 Å². The Kier molecular flexibility index (Phi) is 5.90. The molecule has 44 heavy (non-hydrogen) atoms. The first-order valence-corrected chi connectivity index (χ1v) is 16.3. The summed E-state index contributed by atoms with van der Waals surface area (Å²) in [7, 11) is 0. The SMILES string of the molecule is c1ccc2cc(-c3cnc(-c4ccc5cc6cc(-c7ncc(-c8ccc9ccccc9c8)s7)ccc6cc5c4)s3)ccc2c1. The van der Waals surface area contributed by atoms with Crippen molar-refractivity contribution in [3.63, 3.8) is 0 Å². The Balaban J connectivity index is 1.02. The van der Waals surface area contributed by atoms with Gasteiger partial charge in [0.05, 0.1) is 9.75 Å². The van der Waals surface area contributed by atoms with Crippen LogP contribution in [-0.4, -0.2) is 9.97 Å². The standard InChI is InChI=1S/C40H24N2S2/c1-3-7-27-17-31(13-9-25(27)5-1)37-23-41-39(43-37)33-15-11-29-20-36-22-34(16-12-30(36)19-35(29)21-33)40-42-24-38(44-40)32-14-10-26-6-2-4-8-28(26)18-32/h1-24H. The largest absolute Gasteiger partial charge is 0.244 e. The molecule has 9 rings (SSSR count). The molecular formula is C40H24N2S2. The van der Waals surface area contributed by atoms with Crippen LogP contribution in [0.3, 0.4) is 0 Å². The zero-order valence-electron chi connectivity index (χ0n) is 23.6. The van der Waals surface area contributed by atoms with Gasteiger partial charge >= 0.3 is 0 Å². The molecule has 0 atom stereocenters. The van der Waals surface area contributed by atoms with E-state index in [9.17, 15) is 0 Å². The lowest BCUT2D eigenvalue weighted by molar-refractivity contribution is 1.42. The zero-order valence-corrected chi connectivity index (χ0v) is 25.2. The van der Waals surface area contributed by atoms with Crippen molar-refractivity contribution in [1.82, 2.24) is 9.97 Å². The topological polar surface area (TPSA) is 25.8 Å². The normalized spacial score (nSPS) is 11.6. The molecule has 9 aromatic rings. The summed E-state index contributed by atoms with van der Waals surface area (Å²) in [5, 5.41) is 12.0. The zero-order chi connectivity index (χ0) is 29.0. The van der Waals surface area contributed by atoms with Gasteiger partial charge in [-0.3, -0.25) is 0 Å². The van der Waals surface area contributed by atoms with Crippen molar-refractivity contribution in [3.8, 4) is 42.0 Å². The molecular weight excluding hydrogens is 573 g/mol. The van der Waals surface area contributed by atoms with Crippen LogP contribution in [0.4, 0.5) is 0 Å². The number of aromatic nitrogens is 2. The molecule has 0 fully saturated rings. The third-order valence-electron chi connectivity index (χ3n) is 8.37. The van der Waals surface area contributed by atoms with Crippen LogP contribution in [0, 0.1) is 0 Å². The number of benzene rings is 7. The first-order chi connectivity index (χ1) is 21.7. The van der Waals surface area contributed by atoms with E-state index in [4.69, 9.17) is 9.97 Å². The highest BCUT2D eigenvalue weighted by Gasteiger charge is 2.11. The van der Waals surface area contributed by atoms with Crippen LogP contribution in [-0.2, 0) is 0 Å². The highest BCUT2D eigenvalue weighted by molar-refractivity contribution is 7.18. The molecule has 0 saturated heterocycles. The third-order valence-corrected chi connectivity index (χ3v) is 10.6. The van der Waals surface area contributed by atoms with E-state index < -0.39 is 0 Å². The van der Waals surface area contributed by atoms with E-state index in [-0.39, 0.29) is 0 Å². The summed E-state index contributed by atoms with van der Waals surface area (Å²) in [6, 6.07) is 48.2. The predicted molar refractivity (Wildman–Crippen MR) is 190 cm³/mol. The van der Waals surface area contributed by atoms with Crippen molar-refractivity contribution in [2.75, 3.05) is 0 Å². The minimum atomic E-state index is 1.04. The molecule has 0 aliphatic rings. The van der Waals surface area contributed by atoms with E-state index in [1.165, 1.54) is 64.0 Å². The van der Waals surface area contributed by atoms with Gasteiger partial charge in [-0.2, -0.15) is 0 Å². The van der Waals surface area contributed by atoms with Gasteiger partial charge in [-0.1, -0.05) is 97.1 Å². The van der Waals surface area contributed by atoms with Crippen molar-refractivity contribution in [2.45, 2.75) is 0 Å². The van der Waals surface area contributed by atoms with Crippen molar-refractivity contribution in [2.24, 2.45) is 0 Å². The van der Waals surface area contributed by atoms with Crippen LogP contribution in [0.25, 0.3) is 85.1 Å². The smallest absolute Gasteiger partial charge is 0.123 e. The molecule has 4 heteroatoms. The molecule has 7 aromatic carbocycles. The van der Waals surface area contributed by atoms with Crippen LogP contribution in [0.1, 0.15) is 0 Å². The highest BCUT2D eigenvalue weighted by atomic mass is 32.1. The summed E-state index contributed by atoms with van der Waals surface area (Å²) in [6.07, 6.45) is 4.00. The third kappa shape index (κ3) is 4.47. The maximum atomic E-state index is 4.81. The van der Waals surface area contributed by atoms with E-state index in [2.05, 4.69) is 133 Å². The summed E-state index contributed by atoms with van der Waals surface area (Å²) in [4.78, 5) is 12.0. The predicted octanol–water partition coefficient (Wildman–Crippen LogP) is 11.9. The Morgan fingerprint density at radius 3 is 1.16 bits per heavy atom. The second-order valence-electron chi connectivity index (χ2n) is 11.2. The number of fused-ring (bicyclic) bond motifs is 4. The van der Waals surface area contributed by atoms with E-state index in [1.807, 2.05) is 12.4 Å². The molecule has 0 N–H and O–H groups in total. The van der Waals surface area contributed by atoms with Crippen LogP contribution in [0.2, 0.25) is 0 Å². The van der Waals surface area contributed by atoms with E-state index in [0.717, 1.165) is 21.1 Å². The second kappa shape index (κ2) is 10.2. The molecule has 0 bridgehead atoms. The Morgan fingerprint density at radius 2 is 0.682 bits per heavy atom. The van der Waals surface area contributed by atoms with E-state index in [1.54, 1.807) is 22.7 Å². The van der Waals surface area contributed by atoms with Gasteiger partial charge in [0.15, 0.2) is 0 Å². The molecule has 2 aromatic heterocycles. The maximum Gasteiger partial charge on any atom is 0.123 e. The summed E-state index contributed by atoms with van der Waals surface area (Å²) >= 11 is 3.49. The molecule has 0 spiro atoms. The first kappa shape index (κ1) is 25.3. The summed E-state index contributed by atoms with van der Waals surface area (Å²) in [6.45, 7) is 0. The Hall–Kier alpha value is -5.16. The van der Waals surface area contributed by atoms with Gasteiger partial charge in [-0.15, -0.1) is 22.7 Å². The quantitative estimate of drug-likeness (QED) is 0.189. The first-order valence-electron chi connectivity index (χ1n) is 14.6. The van der Waals surface area contributed by atoms with Gasteiger partial charge in [0, 0.05) is 23.5 Å². The molecule has 0 radical (unpaired) electrons. The molecule has 2 nitrogen and oxygen atoms in total. The van der Waals surface area contributed by atoms with E-state index >= 15 is 0 Å². The minimum absolute atomic E-state index is 1.04. The molecule has 0 saturated carbocycles. The average Bonchev–Trinajstić information content (AvgIpc) is 3.78. The lowest BCUT2D eigenvalue weighted by Crippen LogP contribution is -1.81. The fraction of sp³-hybridized carbons (Fsp3) is 0. The number of rotatable bonds is 4. The Bertz CT molecular complexity index is 2340. The summed E-state index contributed by atoms with van der Waals surface area (Å²) in [5.41, 5.74) is 4.71. The van der Waals surface area contributed by atoms with Gasteiger partial charge in [0.25, 0.3) is 0 Å². The summed E-state index contributed by atoms with van der Waals surface area (Å²) in [5.74, 6) is 0. The van der Waals surface area contributed by atoms with Crippen LogP contribution >= 0.6 is 22.7 Å². The van der Waals surface area contributed by atoms with Gasteiger partial charge in [0.1, 0.15) is 10.0 Å². The molecule has 206 valence electrons. The van der Waals surface area contributed by atoms with Gasteiger partial charge in [0.2, 0.25) is 0 Å². The number of hydrogen-bond donors (Lipinski definition) is 0. The summed E-state index contributed by atoms with van der Waals surface area (Å²) < 4.78 is 0. The fourth-order valence-corrected chi connectivity index (χ4v) is 7.85. The Morgan fingerprint density at radius 1 is 0.318 bits per heavy atom. The van der Waals surface area contributed by atoms with Crippen molar-refractivity contribution in [3.05, 3.63) is 146 Å². The van der Waals surface area contributed by atoms with Gasteiger partial charge < -0.3 is 0 Å². The average molecular weight is 597 g/mol. The van der Waals surface area contributed by atoms with Crippen molar-refractivity contribution >= 4 is 65.8 Å².